The first kappa shape index (κ1) is 25.9. The van der Waals surface area contributed by atoms with E-state index in [1.807, 2.05) is 6.92 Å². The second-order valence-electron chi connectivity index (χ2n) is 7.28. The molecule has 0 aliphatic carbocycles. The Hall–Kier alpha value is -0.0900. The number of aliphatic imine (C=N–C) groups is 1. The lowest BCUT2D eigenvalue weighted by atomic mass is 10.1. The maximum atomic E-state index is 12.1. The molecule has 0 spiro atoms. The molecule has 1 saturated heterocycles. The summed E-state index contributed by atoms with van der Waals surface area (Å²) < 4.78 is 25.9. The average Bonchev–Trinajstić information content (AvgIpc) is 2.55. The van der Waals surface area contributed by atoms with E-state index in [4.69, 9.17) is 0 Å². The average molecular weight is 503 g/mol. The number of piperidine rings is 1. The molecule has 0 atom stereocenters. The molecule has 1 rings (SSSR count). The molecular formula is C18H39IN4O2S. The van der Waals surface area contributed by atoms with Crippen molar-refractivity contribution in [1.29, 1.82) is 0 Å². The van der Waals surface area contributed by atoms with Crippen molar-refractivity contribution in [1.82, 2.24) is 14.9 Å². The highest BCUT2D eigenvalue weighted by Crippen LogP contribution is 2.15. The molecular weight excluding hydrogens is 463 g/mol. The number of nitrogens with zero attached hydrogens (tertiary/aromatic N) is 2. The van der Waals surface area contributed by atoms with Gasteiger partial charge in [0.1, 0.15) is 0 Å². The third-order valence-corrected chi connectivity index (χ3v) is 6.53. The van der Waals surface area contributed by atoms with Crippen LogP contribution in [0, 0.1) is 5.92 Å². The molecule has 0 aromatic rings. The van der Waals surface area contributed by atoms with Crippen LogP contribution in [-0.4, -0.2) is 56.7 Å². The molecule has 6 nitrogen and oxygen atoms in total. The second kappa shape index (κ2) is 14.0. The van der Waals surface area contributed by atoms with Crippen LogP contribution in [0.4, 0.5) is 0 Å². The molecule has 1 fully saturated rings. The summed E-state index contributed by atoms with van der Waals surface area (Å²) in [6, 6.07) is 0.293. The SMILES string of the molecule is CCCS(=O)(=O)N1CCC(NC(=NCCCCC(C)C)NCC)CC1.I. The molecule has 0 amide bonds. The van der Waals surface area contributed by atoms with Crippen LogP contribution < -0.4 is 10.6 Å². The van der Waals surface area contributed by atoms with E-state index in [2.05, 4.69) is 36.4 Å². The Bertz CT molecular complexity index is 489. The fraction of sp³-hybridized carbons (Fsp3) is 0.944. The standard InChI is InChI=1S/C18H38N4O2S.HI/c1-5-15-25(23,24)22-13-10-17(11-14-22)21-18(19-6-2)20-12-8-7-9-16(3)4;/h16-17H,5-15H2,1-4H3,(H2,19,20,21);1H. The predicted molar refractivity (Wildman–Crippen MR) is 122 cm³/mol. The van der Waals surface area contributed by atoms with Crippen LogP contribution in [0.1, 0.15) is 66.2 Å². The van der Waals surface area contributed by atoms with E-state index in [-0.39, 0.29) is 29.7 Å². The molecule has 1 heterocycles. The van der Waals surface area contributed by atoms with Crippen molar-refractivity contribution in [2.45, 2.75) is 72.3 Å². The van der Waals surface area contributed by atoms with Gasteiger partial charge in [-0.25, -0.2) is 12.7 Å². The molecule has 0 unspecified atom stereocenters. The van der Waals surface area contributed by atoms with Gasteiger partial charge in [-0.1, -0.05) is 33.6 Å². The monoisotopic (exact) mass is 502 g/mol. The first-order chi connectivity index (χ1) is 11.9. The third-order valence-electron chi connectivity index (χ3n) is 4.45. The highest BCUT2D eigenvalue weighted by atomic mass is 127. The van der Waals surface area contributed by atoms with Crippen LogP contribution in [0.15, 0.2) is 4.99 Å². The molecule has 0 aromatic carbocycles. The summed E-state index contributed by atoms with van der Waals surface area (Å²) in [7, 11) is -3.06. The summed E-state index contributed by atoms with van der Waals surface area (Å²) in [5.41, 5.74) is 0. The quantitative estimate of drug-likeness (QED) is 0.208. The van der Waals surface area contributed by atoms with Gasteiger partial charge in [-0.3, -0.25) is 4.99 Å². The van der Waals surface area contributed by atoms with Gasteiger partial charge >= 0.3 is 0 Å². The number of hydrogen-bond donors (Lipinski definition) is 2. The Morgan fingerprint density at radius 2 is 1.85 bits per heavy atom. The molecule has 0 radical (unpaired) electrons. The minimum Gasteiger partial charge on any atom is -0.357 e. The van der Waals surface area contributed by atoms with Crippen molar-refractivity contribution in [2.75, 3.05) is 31.9 Å². The van der Waals surface area contributed by atoms with Crippen molar-refractivity contribution in [3.8, 4) is 0 Å². The van der Waals surface area contributed by atoms with E-state index in [9.17, 15) is 8.42 Å². The highest BCUT2D eigenvalue weighted by Gasteiger charge is 2.27. The Kier molecular flexibility index (Phi) is 13.9. The van der Waals surface area contributed by atoms with E-state index in [0.717, 1.165) is 44.2 Å². The summed E-state index contributed by atoms with van der Waals surface area (Å²) in [6.45, 7) is 11.4. The predicted octanol–water partition coefficient (Wildman–Crippen LogP) is 3.19. The van der Waals surface area contributed by atoms with Crippen LogP contribution >= 0.6 is 24.0 Å². The minimum atomic E-state index is -3.06. The summed E-state index contributed by atoms with van der Waals surface area (Å²) in [5.74, 6) is 1.87. The Balaban J connectivity index is 0.00000625. The van der Waals surface area contributed by atoms with Crippen LogP contribution in [0.25, 0.3) is 0 Å². The van der Waals surface area contributed by atoms with E-state index in [1.165, 1.54) is 12.8 Å². The number of sulfonamides is 1. The lowest BCUT2D eigenvalue weighted by Gasteiger charge is -2.32. The second-order valence-corrected chi connectivity index (χ2v) is 9.37. The summed E-state index contributed by atoms with van der Waals surface area (Å²) in [5, 5.41) is 6.78. The van der Waals surface area contributed by atoms with Crippen molar-refractivity contribution < 1.29 is 8.42 Å². The van der Waals surface area contributed by atoms with Gasteiger partial charge < -0.3 is 10.6 Å². The summed E-state index contributed by atoms with van der Waals surface area (Å²) in [6.07, 6.45) is 5.93. The van der Waals surface area contributed by atoms with Crippen molar-refractivity contribution >= 4 is 40.0 Å². The van der Waals surface area contributed by atoms with Gasteiger partial charge in [-0.05, 0) is 38.5 Å². The smallest absolute Gasteiger partial charge is 0.214 e. The maximum Gasteiger partial charge on any atom is 0.214 e. The maximum absolute atomic E-state index is 12.1. The van der Waals surface area contributed by atoms with Crippen LogP contribution in [0.2, 0.25) is 0 Å². The third kappa shape index (κ3) is 10.3. The lowest BCUT2D eigenvalue weighted by molar-refractivity contribution is 0.306. The largest absolute Gasteiger partial charge is 0.357 e. The molecule has 156 valence electrons. The number of rotatable bonds is 10. The fourth-order valence-corrected chi connectivity index (χ4v) is 4.58. The first-order valence-electron chi connectivity index (χ1n) is 9.91. The lowest BCUT2D eigenvalue weighted by Crippen LogP contribution is -2.50. The van der Waals surface area contributed by atoms with Gasteiger partial charge in [0, 0.05) is 32.2 Å². The zero-order valence-electron chi connectivity index (χ0n) is 17.0. The number of unbranched alkanes of at least 4 members (excludes halogenated alkanes) is 1. The van der Waals surface area contributed by atoms with E-state index < -0.39 is 10.0 Å². The molecule has 0 aromatic heterocycles. The molecule has 0 saturated carbocycles. The van der Waals surface area contributed by atoms with Crippen LogP contribution in [0.3, 0.4) is 0 Å². The van der Waals surface area contributed by atoms with E-state index in [1.54, 1.807) is 4.31 Å². The Labute approximate surface area is 178 Å². The van der Waals surface area contributed by atoms with Crippen LogP contribution in [-0.2, 0) is 10.0 Å². The first-order valence-corrected chi connectivity index (χ1v) is 11.5. The number of hydrogen-bond acceptors (Lipinski definition) is 3. The molecule has 2 N–H and O–H groups in total. The van der Waals surface area contributed by atoms with Gasteiger partial charge in [0.25, 0.3) is 0 Å². The van der Waals surface area contributed by atoms with Gasteiger partial charge in [0.2, 0.25) is 10.0 Å². The van der Waals surface area contributed by atoms with Gasteiger partial charge in [-0.15, -0.1) is 24.0 Å². The minimum absolute atomic E-state index is 0. The van der Waals surface area contributed by atoms with Crippen molar-refractivity contribution in [2.24, 2.45) is 10.9 Å². The highest BCUT2D eigenvalue weighted by molar-refractivity contribution is 14.0. The Morgan fingerprint density at radius 1 is 1.19 bits per heavy atom. The fourth-order valence-electron chi connectivity index (χ4n) is 3.03. The van der Waals surface area contributed by atoms with Crippen LogP contribution in [0.5, 0.6) is 0 Å². The van der Waals surface area contributed by atoms with Gasteiger partial charge in [0.05, 0.1) is 5.75 Å². The van der Waals surface area contributed by atoms with E-state index >= 15 is 0 Å². The molecule has 1 aliphatic heterocycles. The number of halogens is 1. The molecule has 1 aliphatic rings. The van der Waals surface area contributed by atoms with Gasteiger partial charge in [0.15, 0.2) is 5.96 Å². The van der Waals surface area contributed by atoms with E-state index in [0.29, 0.717) is 25.6 Å². The van der Waals surface area contributed by atoms with Crippen molar-refractivity contribution in [3.05, 3.63) is 0 Å². The number of nitrogens with one attached hydrogen (secondary N) is 2. The summed E-state index contributed by atoms with van der Waals surface area (Å²) in [4.78, 5) is 4.66. The summed E-state index contributed by atoms with van der Waals surface area (Å²) >= 11 is 0. The normalized spacial score (nSPS) is 17.2. The zero-order valence-corrected chi connectivity index (χ0v) is 20.1. The van der Waals surface area contributed by atoms with Crippen molar-refractivity contribution in [3.63, 3.8) is 0 Å². The molecule has 8 heteroatoms. The number of guanidine groups is 1. The molecule has 0 bridgehead atoms. The topological polar surface area (TPSA) is 73.8 Å². The zero-order chi connectivity index (χ0) is 18.7. The Morgan fingerprint density at radius 3 is 2.38 bits per heavy atom. The van der Waals surface area contributed by atoms with Gasteiger partial charge in [-0.2, -0.15) is 0 Å². The molecule has 26 heavy (non-hydrogen) atoms.